The van der Waals surface area contributed by atoms with Gasteiger partial charge < -0.3 is 4.42 Å². The second kappa shape index (κ2) is 5.73. The number of hydrogen-bond donors (Lipinski definition) is 0. The Labute approximate surface area is 165 Å². The highest BCUT2D eigenvalue weighted by Crippen LogP contribution is 2.53. The van der Waals surface area contributed by atoms with Gasteiger partial charge in [-0.3, -0.25) is 14.5 Å². The quantitative estimate of drug-likeness (QED) is 0.501. The van der Waals surface area contributed by atoms with Gasteiger partial charge in [-0.1, -0.05) is 24.3 Å². The maximum atomic E-state index is 12.9. The molecule has 0 N–H and O–H groups in total. The number of carbonyl (C=O) groups excluding carboxylic acids is 2. The van der Waals surface area contributed by atoms with Crippen LogP contribution in [0.4, 0.5) is 5.69 Å². The van der Waals surface area contributed by atoms with Gasteiger partial charge in [-0.05, 0) is 54.7 Å². The molecule has 2 aromatic carbocycles. The second-order valence-electron chi connectivity index (χ2n) is 7.88. The van der Waals surface area contributed by atoms with Crippen molar-refractivity contribution in [2.75, 3.05) is 4.90 Å². The molecule has 0 unspecified atom stereocenters. The summed E-state index contributed by atoms with van der Waals surface area (Å²) in [6, 6.07) is 13.9. The molecule has 6 rings (SSSR count). The average molecular weight is 384 g/mol. The first-order chi connectivity index (χ1) is 14.1. The third-order valence-electron chi connectivity index (χ3n) is 6.38. The maximum absolute atomic E-state index is 12.9. The van der Waals surface area contributed by atoms with E-state index in [1.165, 1.54) is 4.90 Å². The summed E-state index contributed by atoms with van der Waals surface area (Å²) in [6.07, 6.45) is 5.07. The first kappa shape index (κ1) is 16.4. The molecule has 0 spiro atoms. The predicted molar refractivity (Wildman–Crippen MR) is 106 cm³/mol. The Morgan fingerprint density at radius 3 is 2.21 bits per heavy atom. The maximum Gasteiger partial charge on any atom is 0.347 e. The minimum atomic E-state index is -0.449. The lowest BCUT2D eigenvalue weighted by Crippen LogP contribution is -2.32. The fourth-order valence-electron chi connectivity index (χ4n) is 5.05. The number of nitrogens with zero attached hydrogens (tertiary/aromatic N) is 2. The van der Waals surface area contributed by atoms with E-state index in [-0.39, 0.29) is 41.4 Å². The van der Waals surface area contributed by atoms with E-state index in [1.54, 1.807) is 42.5 Å². The van der Waals surface area contributed by atoms with Gasteiger partial charge in [0.25, 0.3) is 0 Å². The third kappa shape index (κ3) is 2.23. The van der Waals surface area contributed by atoms with Crippen molar-refractivity contribution in [1.82, 2.24) is 4.98 Å². The van der Waals surface area contributed by atoms with Crippen LogP contribution >= 0.6 is 0 Å². The van der Waals surface area contributed by atoms with Crippen molar-refractivity contribution >= 4 is 28.4 Å². The molecule has 2 heterocycles. The lowest BCUT2D eigenvalue weighted by molar-refractivity contribution is -0.123. The molecule has 6 heteroatoms. The summed E-state index contributed by atoms with van der Waals surface area (Å²) in [6.45, 7) is 0. The topological polar surface area (TPSA) is 80.5 Å². The summed E-state index contributed by atoms with van der Waals surface area (Å²) in [5.41, 5.74) is 1.26. The van der Waals surface area contributed by atoms with Crippen LogP contribution in [-0.4, -0.2) is 16.8 Å². The molecule has 0 radical (unpaired) electrons. The number of hydrogen-bond acceptors (Lipinski definition) is 5. The molecule has 2 bridgehead atoms. The van der Waals surface area contributed by atoms with Crippen LogP contribution in [0.25, 0.3) is 22.4 Å². The number of imide groups is 1. The Hall–Kier alpha value is -3.54. The van der Waals surface area contributed by atoms with Crippen molar-refractivity contribution in [2.45, 2.75) is 6.42 Å². The molecule has 4 atom stereocenters. The molecule has 3 aliphatic rings. The molecular formula is C23H16N2O4. The first-order valence-electron chi connectivity index (χ1n) is 9.68. The van der Waals surface area contributed by atoms with Crippen molar-refractivity contribution in [2.24, 2.45) is 23.7 Å². The number of allylic oxidation sites excluding steroid dienone is 2. The summed E-state index contributed by atoms with van der Waals surface area (Å²) in [5, 5.41) is 0.427. The molecule has 1 saturated heterocycles. The highest BCUT2D eigenvalue weighted by atomic mass is 16.4. The lowest BCUT2D eigenvalue weighted by atomic mass is 9.85. The molecule has 142 valence electrons. The van der Waals surface area contributed by atoms with Gasteiger partial charge in [0.1, 0.15) is 0 Å². The number of fused-ring (bicyclic) bond motifs is 6. The standard InChI is InChI=1S/C23H16N2O4/c26-21-18-13-5-6-14(11-13)19(18)22(27)25(21)15-9-7-12(8-10-15)20-24-17-4-2-1-3-16(17)23(28)29-20/h1-10,13-14,18-19H,11H2/t13-,14-,18-,19-/m0/s1. The molecule has 1 saturated carbocycles. The van der Waals surface area contributed by atoms with E-state index >= 15 is 0 Å². The van der Waals surface area contributed by atoms with Crippen LogP contribution in [0.5, 0.6) is 0 Å². The van der Waals surface area contributed by atoms with E-state index in [0.29, 0.717) is 22.2 Å². The zero-order valence-electron chi connectivity index (χ0n) is 15.3. The van der Waals surface area contributed by atoms with Crippen molar-refractivity contribution in [3.8, 4) is 11.5 Å². The highest BCUT2D eigenvalue weighted by Gasteiger charge is 2.59. The summed E-state index contributed by atoms with van der Waals surface area (Å²) >= 11 is 0. The van der Waals surface area contributed by atoms with Crippen LogP contribution < -0.4 is 10.5 Å². The molecule has 1 aliphatic heterocycles. The van der Waals surface area contributed by atoms with Gasteiger partial charge in [-0.2, -0.15) is 0 Å². The Balaban J connectivity index is 1.35. The van der Waals surface area contributed by atoms with Crippen molar-refractivity contribution in [1.29, 1.82) is 0 Å². The van der Waals surface area contributed by atoms with Crippen LogP contribution in [0, 0.1) is 23.7 Å². The highest BCUT2D eigenvalue weighted by molar-refractivity contribution is 6.22. The summed E-state index contributed by atoms with van der Waals surface area (Å²) in [5.74, 6) is -0.100. The number of rotatable bonds is 2. The van der Waals surface area contributed by atoms with E-state index < -0.39 is 5.63 Å². The van der Waals surface area contributed by atoms with Gasteiger partial charge in [-0.15, -0.1) is 0 Å². The van der Waals surface area contributed by atoms with Crippen molar-refractivity contribution in [3.05, 3.63) is 71.1 Å². The zero-order valence-corrected chi connectivity index (χ0v) is 15.3. The number of amides is 2. The van der Waals surface area contributed by atoms with Gasteiger partial charge in [0, 0.05) is 5.56 Å². The monoisotopic (exact) mass is 384 g/mol. The average Bonchev–Trinajstić information content (AvgIpc) is 3.42. The third-order valence-corrected chi connectivity index (χ3v) is 6.38. The summed E-state index contributed by atoms with van der Waals surface area (Å²) in [7, 11) is 0. The molecule has 2 fully saturated rings. The second-order valence-corrected chi connectivity index (χ2v) is 7.88. The smallest absolute Gasteiger partial charge is 0.347 e. The molecule has 1 aromatic heterocycles. The van der Waals surface area contributed by atoms with E-state index in [1.807, 2.05) is 6.07 Å². The normalized spacial score (nSPS) is 27.2. The van der Waals surface area contributed by atoms with E-state index in [0.717, 1.165) is 6.42 Å². The summed E-state index contributed by atoms with van der Waals surface area (Å²) in [4.78, 5) is 43.8. The van der Waals surface area contributed by atoms with Crippen LogP contribution in [0.3, 0.4) is 0 Å². The van der Waals surface area contributed by atoms with Crippen LogP contribution in [0.1, 0.15) is 6.42 Å². The van der Waals surface area contributed by atoms with Gasteiger partial charge in [0.05, 0.1) is 28.4 Å². The minimum Gasteiger partial charge on any atom is -0.403 e. The van der Waals surface area contributed by atoms with E-state index in [4.69, 9.17) is 4.42 Å². The predicted octanol–water partition coefficient (Wildman–Crippen LogP) is 3.17. The van der Waals surface area contributed by atoms with Crippen molar-refractivity contribution in [3.63, 3.8) is 0 Å². The number of benzene rings is 2. The van der Waals surface area contributed by atoms with E-state index in [9.17, 15) is 14.4 Å². The molecule has 3 aromatic rings. The number of carbonyl (C=O) groups is 2. The molecular weight excluding hydrogens is 368 g/mol. The van der Waals surface area contributed by atoms with Gasteiger partial charge in [0.15, 0.2) is 0 Å². The van der Waals surface area contributed by atoms with Gasteiger partial charge >= 0.3 is 5.63 Å². The lowest BCUT2D eigenvalue weighted by Gasteiger charge is -2.17. The zero-order chi connectivity index (χ0) is 19.7. The number of para-hydroxylation sites is 1. The SMILES string of the molecule is O=C1[C@@H]2[C@@H](C(=O)N1c1ccc(-c3nc4ccccc4c(=O)o3)cc1)[C@H]1C=C[C@H]2C1. The Morgan fingerprint density at radius 1 is 0.862 bits per heavy atom. The molecule has 29 heavy (non-hydrogen) atoms. The minimum absolute atomic E-state index is 0.111. The van der Waals surface area contributed by atoms with Gasteiger partial charge in [0.2, 0.25) is 17.7 Å². The van der Waals surface area contributed by atoms with Crippen molar-refractivity contribution < 1.29 is 14.0 Å². The molecule has 6 nitrogen and oxygen atoms in total. The summed E-state index contributed by atoms with van der Waals surface area (Å²) < 4.78 is 5.36. The van der Waals surface area contributed by atoms with E-state index in [2.05, 4.69) is 17.1 Å². The Bertz CT molecular complexity index is 1240. The Morgan fingerprint density at radius 2 is 1.52 bits per heavy atom. The van der Waals surface area contributed by atoms with Crippen LogP contribution in [0.2, 0.25) is 0 Å². The van der Waals surface area contributed by atoms with Crippen LogP contribution in [-0.2, 0) is 9.59 Å². The fourth-order valence-corrected chi connectivity index (χ4v) is 5.05. The molecule has 2 aliphatic carbocycles. The number of anilines is 1. The van der Waals surface area contributed by atoms with Crippen LogP contribution in [0.15, 0.2) is 69.9 Å². The van der Waals surface area contributed by atoms with Gasteiger partial charge in [-0.25, -0.2) is 9.78 Å². The first-order valence-corrected chi connectivity index (χ1v) is 9.68. The number of aromatic nitrogens is 1. The molecule has 2 amide bonds. The fraction of sp³-hybridized carbons (Fsp3) is 0.217. The Kier molecular flexibility index (Phi) is 3.25. The largest absolute Gasteiger partial charge is 0.403 e.